The number of rotatable bonds is 4. The number of carbonyl (C=O) groups is 1. The van der Waals surface area contributed by atoms with Crippen molar-refractivity contribution < 1.29 is 4.79 Å². The van der Waals surface area contributed by atoms with Gasteiger partial charge in [0, 0.05) is 28.5 Å². The van der Waals surface area contributed by atoms with Crippen molar-refractivity contribution in [1.29, 1.82) is 0 Å². The molecule has 0 aliphatic carbocycles. The number of urea groups is 1. The lowest BCUT2D eigenvalue weighted by Gasteiger charge is -2.10. The fourth-order valence-electron chi connectivity index (χ4n) is 2.49. The first-order valence-corrected chi connectivity index (χ1v) is 8.83. The molecule has 0 saturated heterocycles. The molecule has 0 bridgehead atoms. The Morgan fingerprint density at radius 3 is 2.76 bits per heavy atom. The van der Waals surface area contributed by atoms with Crippen LogP contribution < -0.4 is 10.6 Å². The molecule has 0 unspecified atom stereocenters. The van der Waals surface area contributed by atoms with Crippen LogP contribution >= 0.6 is 11.3 Å². The molecule has 25 heavy (non-hydrogen) atoms. The number of amides is 2. The van der Waals surface area contributed by atoms with Gasteiger partial charge in [0.05, 0.1) is 12.2 Å². The molecule has 3 aromatic rings. The van der Waals surface area contributed by atoms with Gasteiger partial charge < -0.3 is 10.6 Å². The number of carbonyl (C=O) groups excluding carboxylic acids is 1. The first-order valence-electron chi connectivity index (χ1n) is 8.02. The molecule has 2 amide bonds. The van der Waals surface area contributed by atoms with Crippen molar-refractivity contribution in [1.82, 2.24) is 15.3 Å². The fourth-order valence-corrected chi connectivity index (χ4v) is 3.48. The number of hydrogen-bond donors (Lipinski definition) is 2. The van der Waals surface area contributed by atoms with E-state index >= 15 is 0 Å². The summed E-state index contributed by atoms with van der Waals surface area (Å²) in [5, 5.41) is 6.70. The maximum Gasteiger partial charge on any atom is 0.319 e. The standard InChI is InChI=1S/C19H20N4OS/c1-12-6-7-16(13(2)9-12)23-19(24)21-11-17-14(3)22-18(25-17)15-5-4-8-20-10-15/h4-10H,11H2,1-3H3,(H2,21,23,24). The van der Waals surface area contributed by atoms with Crippen molar-refractivity contribution in [3.8, 4) is 10.6 Å². The van der Waals surface area contributed by atoms with E-state index in [-0.39, 0.29) is 6.03 Å². The van der Waals surface area contributed by atoms with Crippen LogP contribution in [-0.2, 0) is 6.54 Å². The molecule has 5 nitrogen and oxygen atoms in total. The summed E-state index contributed by atoms with van der Waals surface area (Å²) in [5.74, 6) is 0. The Kier molecular flexibility index (Phi) is 5.09. The zero-order valence-corrected chi connectivity index (χ0v) is 15.3. The van der Waals surface area contributed by atoms with Crippen molar-refractivity contribution in [3.05, 3.63) is 64.4 Å². The number of benzene rings is 1. The molecule has 1 aromatic carbocycles. The maximum absolute atomic E-state index is 12.2. The first-order chi connectivity index (χ1) is 12.0. The van der Waals surface area contributed by atoms with Crippen molar-refractivity contribution >= 4 is 23.1 Å². The van der Waals surface area contributed by atoms with Crippen LogP contribution in [-0.4, -0.2) is 16.0 Å². The van der Waals surface area contributed by atoms with E-state index in [4.69, 9.17) is 0 Å². The van der Waals surface area contributed by atoms with Crippen LogP contribution in [0.3, 0.4) is 0 Å². The Morgan fingerprint density at radius 2 is 2.04 bits per heavy atom. The lowest BCUT2D eigenvalue weighted by Crippen LogP contribution is -2.28. The Morgan fingerprint density at radius 1 is 1.20 bits per heavy atom. The molecule has 2 heterocycles. The van der Waals surface area contributed by atoms with Gasteiger partial charge in [-0.05, 0) is 44.5 Å². The van der Waals surface area contributed by atoms with Crippen LogP contribution in [0.4, 0.5) is 10.5 Å². The zero-order chi connectivity index (χ0) is 17.8. The third kappa shape index (κ3) is 4.22. The molecule has 6 heteroatoms. The summed E-state index contributed by atoms with van der Waals surface area (Å²) in [4.78, 5) is 21.9. The second kappa shape index (κ2) is 7.44. The third-order valence-electron chi connectivity index (χ3n) is 3.84. The summed E-state index contributed by atoms with van der Waals surface area (Å²) in [6, 6.07) is 9.60. The molecule has 0 fully saturated rings. The molecule has 128 valence electrons. The minimum atomic E-state index is -0.220. The van der Waals surface area contributed by atoms with E-state index < -0.39 is 0 Å². The van der Waals surface area contributed by atoms with E-state index in [1.54, 1.807) is 23.7 Å². The molecule has 0 atom stereocenters. The van der Waals surface area contributed by atoms with Crippen LogP contribution in [0.1, 0.15) is 21.7 Å². The average molecular weight is 352 g/mol. The maximum atomic E-state index is 12.2. The minimum Gasteiger partial charge on any atom is -0.333 e. The quantitative estimate of drug-likeness (QED) is 0.729. The van der Waals surface area contributed by atoms with Crippen LogP contribution in [0.25, 0.3) is 10.6 Å². The van der Waals surface area contributed by atoms with Gasteiger partial charge in [0.2, 0.25) is 0 Å². The van der Waals surface area contributed by atoms with Crippen LogP contribution in [0.2, 0.25) is 0 Å². The summed E-state index contributed by atoms with van der Waals surface area (Å²) >= 11 is 1.57. The van der Waals surface area contributed by atoms with E-state index in [1.165, 1.54) is 5.56 Å². The highest BCUT2D eigenvalue weighted by Gasteiger charge is 2.11. The largest absolute Gasteiger partial charge is 0.333 e. The number of anilines is 1. The van der Waals surface area contributed by atoms with E-state index in [0.29, 0.717) is 6.54 Å². The van der Waals surface area contributed by atoms with Crippen LogP contribution in [0, 0.1) is 20.8 Å². The summed E-state index contributed by atoms with van der Waals surface area (Å²) in [7, 11) is 0. The highest BCUT2D eigenvalue weighted by Crippen LogP contribution is 2.27. The van der Waals surface area contributed by atoms with Crippen molar-refractivity contribution in [2.24, 2.45) is 0 Å². The number of hydrogen-bond acceptors (Lipinski definition) is 4. The van der Waals surface area contributed by atoms with Gasteiger partial charge in [-0.25, -0.2) is 9.78 Å². The molecule has 0 spiro atoms. The van der Waals surface area contributed by atoms with Gasteiger partial charge in [0.25, 0.3) is 0 Å². The molecular formula is C19H20N4OS. The third-order valence-corrected chi connectivity index (χ3v) is 5.05. The number of aromatic nitrogens is 2. The van der Waals surface area contributed by atoms with E-state index in [2.05, 4.69) is 20.6 Å². The van der Waals surface area contributed by atoms with Gasteiger partial charge >= 0.3 is 6.03 Å². The topological polar surface area (TPSA) is 66.9 Å². The van der Waals surface area contributed by atoms with Crippen LogP contribution in [0.15, 0.2) is 42.7 Å². The molecule has 0 aliphatic heterocycles. The lowest BCUT2D eigenvalue weighted by atomic mass is 10.1. The Balaban J connectivity index is 1.63. The summed E-state index contributed by atoms with van der Waals surface area (Å²) < 4.78 is 0. The molecule has 0 saturated carbocycles. The number of pyridine rings is 1. The highest BCUT2D eigenvalue weighted by atomic mass is 32.1. The summed E-state index contributed by atoms with van der Waals surface area (Å²) in [6.07, 6.45) is 3.53. The van der Waals surface area contributed by atoms with E-state index in [0.717, 1.165) is 32.4 Å². The second-order valence-electron chi connectivity index (χ2n) is 5.90. The molecule has 0 radical (unpaired) electrons. The lowest BCUT2D eigenvalue weighted by molar-refractivity contribution is 0.252. The SMILES string of the molecule is Cc1ccc(NC(=O)NCc2sc(-c3cccnc3)nc2C)c(C)c1. The van der Waals surface area contributed by atoms with E-state index in [9.17, 15) is 4.79 Å². The fraction of sp³-hybridized carbons (Fsp3) is 0.211. The van der Waals surface area contributed by atoms with Gasteiger partial charge in [0.15, 0.2) is 0 Å². The number of aryl methyl sites for hydroxylation is 3. The average Bonchev–Trinajstić information content (AvgIpc) is 2.97. The number of nitrogens with zero attached hydrogens (tertiary/aromatic N) is 2. The number of nitrogens with one attached hydrogen (secondary N) is 2. The predicted molar refractivity (Wildman–Crippen MR) is 102 cm³/mol. The highest BCUT2D eigenvalue weighted by molar-refractivity contribution is 7.15. The Bertz CT molecular complexity index is 890. The molecular weight excluding hydrogens is 332 g/mol. The van der Waals surface area contributed by atoms with Crippen molar-refractivity contribution in [2.45, 2.75) is 27.3 Å². The minimum absolute atomic E-state index is 0.220. The van der Waals surface area contributed by atoms with Gasteiger partial charge in [-0.15, -0.1) is 11.3 Å². The Hall–Kier alpha value is -2.73. The van der Waals surface area contributed by atoms with Gasteiger partial charge in [-0.1, -0.05) is 17.7 Å². The first kappa shape index (κ1) is 17.1. The molecule has 2 N–H and O–H groups in total. The summed E-state index contributed by atoms with van der Waals surface area (Å²) in [5.41, 5.74) is 4.95. The number of thiazole rings is 1. The van der Waals surface area contributed by atoms with Gasteiger partial charge in [-0.2, -0.15) is 0 Å². The molecule has 3 rings (SSSR count). The second-order valence-corrected chi connectivity index (χ2v) is 6.98. The molecule has 0 aliphatic rings. The van der Waals surface area contributed by atoms with Gasteiger partial charge in [0.1, 0.15) is 5.01 Å². The van der Waals surface area contributed by atoms with E-state index in [1.807, 2.05) is 51.1 Å². The van der Waals surface area contributed by atoms with Crippen molar-refractivity contribution in [2.75, 3.05) is 5.32 Å². The van der Waals surface area contributed by atoms with Crippen molar-refractivity contribution in [3.63, 3.8) is 0 Å². The Labute approximate surface area is 151 Å². The smallest absolute Gasteiger partial charge is 0.319 e. The monoisotopic (exact) mass is 352 g/mol. The normalized spacial score (nSPS) is 10.5. The van der Waals surface area contributed by atoms with Crippen LogP contribution in [0.5, 0.6) is 0 Å². The predicted octanol–water partition coefficient (Wildman–Crippen LogP) is 4.45. The summed E-state index contributed by atoms with van der Waals surface area (Å²) in [6.45, 7) is 6.41. The zero-order valence-electron chi connectivity index (χ0n) is 14.5. The van der Waals surface area contributed by atoms with Gasteiger partial charge in [-0.3, -0.25) is 4.98 Å². The molecule has 2 aromatic heterocycles.